The second kappa shape index (κ2) is 3.35. The van der Waals surface area contributed by atoms with E-state index in [0.29, 0.717) is 0 Å². The molecule has 1 aliphatic rings. The van der Waals surface area contributed by atoms with Gasteiger partial charge in [-0.1, -0.05) is 28.1 Å². The molecule has 0 heterocycles. The quantitative estimate of drug-likeness (QED) is 0.632. The number of allylic oxidation sites excluding steroid dienone is 2. The van der Waals surface area contributed by atoms with E-state index >= 15 is 0 Å². The van der Waals surface area contributed by atoms with Crippen LogP contribution in [0.4, 0.5) is 0 Å². The maximum absolute atomic E-state index is 8.58. The van der Waals surface area contributed by atoms with E-state index in [1.807, 2.05) is 12.1 Å². The second-order valence-corrected chi connectivity index (χ2v) is 3.92. The van der Waals surface area contributed by atoms with Crippen LogP contribution in [0.5, 0.6) is 0 Å². The molecule has 13 heavy (non-hydrogen) atoms. The average Bonchev–Trinajstić information content (AvgIpc) is 2.51. The molecule has 0 N–H and O–H groups in total. The minimum Gasteiger partial charge on any atom is -0.193 e. The van der Waals surface area contributed by atoms with E-state index < -0.39 is 0 Å². The van der Waals surface area contributed by atoms with Gasteiger partial charge in [0.1, 0.15) is 0 Å². The monoisotopic (exact) mass is 233 g/mol. The molecule has 0 radical (unpaired) electrons. The number of nitrogens with zero attached hydrogens (tertiary/aromatic N) is 1. The van der Waals surface area contributed by atoms with Crippen LogP contribution in [0.3, 0.4) is 0 Å². The van der Waals surface area contributed by atoms with E-state index in [0.717, 1.165) is 17.3 Å². The van der Waals surface area contributed by atoms with Gasteiger partial charge in [0, 0.05) is 10.5 Å². The van der Waals surface area contributed by atoms with Crippen molar-refractivity contribution in [1.29, 1.82) is 5.26 Å². The maximum atomic E-state index is 8.58. The summed E-state index contributed by atoms with van der Waals surface area (Å²) in [6.45, 7) is 0. The van der Waals surface area contributed by atoms with Crippen molar-refractivity contribution in [3.05, 3.63) is 39.9 Å². The first-order valence-corrected chi connectivity index (χ1v) is 4.98. The molecule has 2 rings (SSSR count). The van der Waals surface area contributed by atoms with Crippen molar-refractivity contribution < 1.29 is 0 Å². The minimum atomic E-state index is 0.992. The molecule has 0 saturated carbocycles. The largest absolute Gasteiger partial charge is 0.193 e. The summed E-state index contributed by atoms with van der Waals surface area (Å²) in [4.78, 5) is 0. The lowest BCUT2D eigenvalue weighted by atomic mass is 10.1. The van der Waals surface area contributed by atoms with Gasteiger partial charge in [-0.3, -0.25) is 0 Å². The molecule has 1 nitrogen and oxygen atoms in total. The third-order valence-electron chi connectivity index (χ3n) is 2.35. The average molecular weight is 234 g/mol. The predicted octanol–water partition coefficient (Wildman–Crippen LogP) is 3.30. The van der Waals surface area contributed by atoms with Crippen LogP contribution in [0, 0.1) is 11.3 Å². The highest BCUT2D eigenvalue weighted by Gasteiger charge is 2.17. The summed E-state index contributed by atoms with van der Waals surface area (Å²) in [6.07, 6.45) is 3.69. The fourth-order valence-corrected chi connectivity index (χ4v) is 2.30. The van der Waals surface area contributed by atoms with Crippen LogP contribution >= 0.6 is 15.9 Å². The van der Waals surface area contributed by atoms with Gasteiger partial charge in [-0.05, 0) is 35.6 Å². The SMILES string of the molecule is N#C/C=C1\CCc2c(Br)cccc21. The molecule has 0 bridgehead atoms. The van der Waals surface area contributed by atoms with E-state index in [2.05, 4.69) is 28.1 Å². The standard InChI is InChI=1S/C11H8BrN/c12-11-3-1-2-9-8(6-7-13)4-5-10(9)11/h1-3,6H,4-5H2/b8-6+. The fraction of sp³-hybridized carbons (Fsp3) is 0.182. The van der Waals surface area contributed by atoms with Crippen LogP contribution in [0.1, 0.15) is 17.5 Å². The third-order valence-corrected chi connectivity index (χ3v) is 3.09. The summed E-state index contributed by atoms with van der Waals surface area (Å²) in [6, 6.07) is 8.24. The Hall–Kier alpha value is -1.07. The smallest absolute Gasteiger partial charge is 0.0915 e. The molecule has 0 spiro atoms. The van der Waals surface area contributed by atoms with E-state index in [1.165, 1.54) is 16.7 Å². The first kappa shape index (κ1) is 8.52. The molecule has 0 amide bonds. The molecule has 64 valence electrons. The molecule has 1 aliphatic carbocycles. The van der Waals surface area contributed by atoms with Gasteiger partial charge in [0.05, 0.1) is 6.07 Å². The maximum Gasteiger partial charge on any atom is 0.0915 e. The summed E-state index contributed by atoms with van der Waals surface area (Å²) in [5.74, 6) is 0. The first-order valence-electron chi connectivity index (χ1n) is 4.19. The van der Waals surface area contributed by atoms with E-state index in [1.54, 1.807) is 6.08 Å². The zero-order valence-electron chi connectivity index (χ0n) is 7.05. The highest BCUT2D eigenvalue weighted by molar-refractivity contribution is 9.10. The lowest BCUT2D eigenvalue weighted by molar-refractivity contribution is 1.07. The van der Waals surface area contributed by atoms with Gasteiger partial charge in [0.2, 0.25) is 0 Å². The van der Waals surface area contributed by atoms with Crippen LogP contribution in [0.2, 0.25) is 0 Å². The van der Waals surface area contributed by atoms with Crippen molar-refractivity contribution in [1.82, 2.24) is 0 Å². The van der Waals surface area contributed by atoms with Gasteiger partial charge >= 0.3 is 0 Å². The summed E-state index contributed by atoms with van der Waals surface area (Å²) in [5.41, 5.74) is 3.73. The molecule has 1 aromatic carbocycles. The Morgan fingerprint density at radius 1 is 1.38 bits per heavy atom. The number of halogens is 1. The van der Waals surface area contributed by atoms with Crippen LogP contribution in [0.25, 0.3) is 5.57 Å². The molecule has 0 saturated heterocycles. The summed E-state index contributed by atoms with van der Waals surface area (Å²) < 4.78 is 1.16. The number of rotatable bonds is 0. The van der Waals surface area contributed by atoms with Crippen molar-refractivity contribution in [3.8, 4) is 6.07 Å². The molecular formula is C11H8BrN. The normalized spacial score (nSPS) is 17.1. The van der Waals surface area contributed by atoms with E-state index in [-0.39, 0.29) is 0 Å². The van der Waals surface area contributed by atoms with Crippen molar-refractivity contribution in [3.63, 3.8) is 0 Å². The van der Waals surface area contributed by atoms with Gasteiger partial charge in [-0.15, -0.1) is 0 Å². The van der Waals surface area contributed by atoms with Gasteiger partial charge in [-0.25, -0.2) is 0 Å². The second-order valence-electron chi connectivity index (χ2n) is 3.06. The Kier molecular flexibility index (Phi) is 2.20. The number of benzene rings is 1. The number of nitriles is 1. The highest BCUT2D eigenvalue weighted by atomic mass is 79.9. The fourth-order valence-electron chi connectivity index (χ4n) is 1.74. The van der Waals surface area contributed by atoms with Crippen LogP contribution in [-0.2, 0) is 6.42 Å². The van der Waals surface area contributed by atoms with Crippen molar-refractivity contribution in [2.45, 2.75) is 12.8 Å². The number of hydrogen-bond acceptors (Lipinski definition) is 1. The van der Waals surface area contributed by atoms with E-state index in [9.17, 15) is 0 Å². The topological polar surface area (TPSA) is 23.8 Å². The predicted molar refractivity (Wildman–Crippen MR) is 56.1 cm³/mol. The van der Waals surface area contributed by atoms with E-state index in [4.69, 9.17) is 5.26 Å². The molecule has 0 aliphatic heterocycles. The summed E-state index contributed by atoms with van der Waals surface area (Å²) in [7, 11) is 0. The molecule has 0 aromatic heterocycles. The molecule has 0 unspecified atom stereocenters. The highest BCUT2D eigenvalue weighted by Crippen LogP contribution is 2.35. The number of fused-ring (bicyclic) bond motifs is 1. The Morgan fingerprint density at radius 3 is 3.00 bits per heavy atom. The minimum absolute atomic E-state index is 0.992. The molecule has 2 heteroatoms. The molecule has 1 aromatic rings. The lowest BCUT2D eigenvalue weighted by Crippen LogP contribution is -1.81. The Bertz CT molecular complexity index is 413. The van der Waals surface area contributed by atoms with Crippen molar-refractivity contribution >= 4 is 21.5 Å². The summed E-state index contributed by atoms with van der Waals surface area (Å²) in [5, 5.41) is 8.58. The zero-order valence-corrected chi connectivity index (χ0v) is 8.63. The molecule has 0 atom stereocenters. The van der Waals surface area contributed by atoms with Crippen LogP contribution in [-0.4, -0.2) is 0 Å². The van der Waals surface area contributed by atoms with Gasteiger partial charge in [-0.2, -0.15) is 5.26 Å². The van der Waals surface area contributed by atoms with Gasteiger partial charge in [0.25, 0.3) is 0 Å². The van der Waals surface area contributed by atoms with Gasteiger partial charge < -0.3 is 0 Å². The summed E-state index contributed by atoms with van der Waals surface area (Å²) >= 11 is 3.52. The zero-order chi connectivity index (χ0) is 9.26. The Labute approximate surface area is 85.8 Å². The Morgan fingerprint density at radius 2 is 2.23 bits per heavy atom. The van der Waals surface area contributed by atoms with Crippen LogP contribution in [0.15, 0.2) is 28.7 Å². The molecular weight excluding hydrogens is 226 g/mol. The first-order chi connectivity index (χ1) is 6.33. The van der Waals surface area contributed by atoms with Gasteiger partial charge in [0.15, 0.2) is 0 Å². The molecule has 0 fully saturated rings. The number of hydrogen-bond donors (Lipinski definition) is 0. The van der Waals surface area contributed by atoms with Crippen molar-refractivity contribution in [2.24, 2.45) is 0 Å². The Balaban J connectivity index is 2.57. The van der Waals surface area contributed by atoms with Crippen molar-refractivity contribution in [2.75, 3.05) is 0 Å². The third kappa shape index (κ3) is 1.40. The lowest BCUT2D eigenvalue weighted by Gasteiger charge is -2.00. The van der Waals surface area contributed by atoms with Crippen LogP contribution < -0.4 is 0 Å².